The molecule has 1 aliphatic rings. The average molecular weight is 657 g/mol. The Morgan fingerprint density at radius 1 is 0.939 bits per heavy atom. The number of anilines is 2. The van der Waals surface area contributed by atoms with Crippen molar-refractivity contribution in [1.82, 2.24) is 15.4 Å². The molecule has 1 amide bonds. The van der Waals surface area contributed by atoms with Crippen molar-refractivity contribution in [3.05, 3.63) is 114 Å². The predicted octanol–water partition coefficient (Wildman–Crippen LogP) is 6.70. The van der Waals surface area contributed by atoms with E-state index >= 15 is 0 Å². The van der Waals surface area contributed by atoms with E-state index in [0.717, 1.165) is 52.4 Å². The van der Waals surface area contributed by atoms with E-state index in [-0.39, 0.29) is 18.1 Å². The standard InChI is InChI=1S/C38H36N6O5/c1-3-44(4-2)29-19-20-30(32(45)22-29)37-39-35(36(40-37)27-17-15-25(16-18-27)31-23-33(38(47)48)49-43-31)26-13-10-24(11-14-26)12-21-34(46)42-41-28-8-6-5-7-9-28/h5-22,33,41,45H,3-4,23H2,1-2H3,(H,39,40)(H,42,46)(H,47,48)/b21-12+. The monoisotopic (exact) mass is 656 g/mol. The SMILES string of the molecule is CCN(CC)c1ccc(-c2nc(-c3ccc(C4=NOC(C(=O)O)C4)cc3)c(-c3ccc(/C=C/C(=O)NNc4ccccc4)cc3)[nH]2)c(O)c1. The number of hydrogen-bond donors (Lipinski definition) is 5. The number of H-pyrrole nitrogens is 1. The third kappa shape index (κ3) is 7.46. The van der Waals surface area contributed by atoms with Crippen LogP contribution in [0.3, 0.4) is 0 Å². The van der Waals surface area contributed by atoms with Crippen LogP contribution in [-0.4, -0.2) is 57.0 Å². The number of aliphatic carboxylic acids is 1. The van der Waals surface area contributed by atoms with Gasteiger partial charge in [0, 0.05) is 48.5 Å². The van der Waals surface area contributed by atoms with Crippen LogP contribution in [-0.2, 0) is 14.4 Å². The van der Waals surface area contributed by atoms with Gasteiger partial charge in [0.05, 0.1) is 28.4 Å². The molecule has 49 heavy (non-hydrogen) atoms. The van der Waals surface area contributed by atoms with Gasteiger partial charge in [0.2, 0.25) is 6.10 Å². The lowest BCUT2D eigenvalue weighted by Gasteiger charge is -2.21. The van der Waals surface area contributed by atoms with Gasteiger partial charge in [-0.05, 0) is 55.3 Å². The van der Waals surface area contributed by atoms with Crippen LogP contribution in [0.4, 0.5) is 11.4 Å². The molecule has 4 aromatic carbocycles. The number of carboxylic acid groups (broad SMARTS) is 1. The molecule has 0 fully saturated rings. The summed E-state index contributed by atoms with van der Waals surface area (Å²) in [5, 5.41) is 24.3. The van der Waals surface area contributed by atoms with Gasteiger partial charge in [-0.2, -0.15) is 0 Å². The molecular formula is C38H36N6O5. The van der Waals surface area contributed by atoms with E-state index in [1.807, 2.05) is 91.0 Å². The third-order valence-corrected chi connectivity index (χ3v) is 8.24. The van der Waals surface area contributed by atoms with Gasteiger partial charge in [-0.3, -0.25) is 15.6 Å². The fraction of sp³-hybridized carbons (Fsp3) is 0.158. The molecule has 5 aromatic rings. The molecule has 0 radical (unpaired) electrons. The Kier molecular flexibility index (Phi) is 9.70. The number of carboxylic acids is 1. The van der Waals surface area contributed by atoms with Gasteiger partial charge < -0.3 is 24.9 Å². The molecule has 0 bridgehead atoms. The van der Waals surface area contributed by atoms with E-state index in [4.69, 9.17) is 9.82 Å². The molecule has 0 aliphatic carbocycles. The Bertz CT molecular complexity index is 2000. The maximum absolute atomic E-state index is 12.4. The summed E-state index contributed by atoms with van der Waals surface area (Å²) in [4.78, 5) is 39.3. The summed E-state index contributed by atoms with van der Waals surface area (Å²) in [6.45, 7) is 5.77. The number of rotatable bonds is 12. The molecule has 0 saturated carbocycles. The predicted molar refractivity (Wildman–Crippen MR) is 191 cm³/mol. The van der Waals surface area contributed by atoms with Crippen molar-refractivity contribution in [2.75, 3.05) is 23.4 Å². The Morgan fingerprint density at radius 2 is 1.63 bits per heavy atom. The van der Waals surface area contributed by atoms with E-state index in [2.05, 4.69) is 39.7 Å². The number of phenols is 1. The van der Waals surface area contributed by atoms with E-state index in [0.29, 0.717) is 22.8 Å². The molecule has 1 atom stereocenters. The first kappa shape index (κ1) is 32.6. The molecule has 0 saturated heterocycles. The molecule has 5 N–H and O–H groups in total. The minimum atomic E-state index is -1.05. The lowest BCUT2D eigenvalue weighted by molar-refractivity contribution is -0.148. The number of aromatic nitrogens is 2. The summed E-state index contributed by atoms with van der Waals surface area (Å²) in [6.07, 6.45) is 2.37. The van der Waals surface area contributed by atoms with Gasteiger partial charge in [0.1, 0.15) is 11.6 Å². The highest BCUT2D eigenvalue weighted by Gasteiger charge is 2.28. The summed E-state index contributed by atoms with van der Waals surface area (Å²) in [6, 6.07) is 30.2. The van der Waals surface area contributed by atoms with Crippen LogP contribution in [0.1, 0.15) is 31.4 Å². The lowest BCUT2D eigenvalue weighted by atomic mass is 10.00. The van der Waals surface area contributed by atoms with Crippen molar-refractivity contribution >= 4 is 35.0 Å². The largest absolute Gasteiger partial charge is 0.507 e. The molecule has 11 nitrogen and oxygen atoms in total. The third-order valence-electron chi connectivity index (χ3n) is 8.24. The number of para-hydroxylation sites is 1. The zero-order chi connectivity index (χ0) is 34.3. The molecular weight excluding hydrogens is 620 g/mol. The van der Waals surface area contributed by atoms with Gasteiger partial charge in [0.15, 0.2) is 0 Å². The number of hydrazine groups is 1. The van der Waals surface area contributed by atoms with Crippen molar-refractivity contribution in [2.24, 2.45) is 5.16 Å². The summed E-state index contributed by atoms with van der Waals surface area (Å²) >= 11 is 0. The summed E-state index contributed by atoms with van der Waals surface area (Å²) in [7, 11) is 0. The van der Waals surface area contributed by atoms with Crippen molar-refractivity contribution in [3.63, 3.8) is 0 Å². The Labute approximate surface area is 283 Å². The molecule has 6 rings (SSSR count). The first-order valence-electron chi connectivity index (χ1n) is 16.0. The number of carbonyl (C=O) groups is 2. The highest BCUT2D eigenvalue weighted by Crippen LogP contribution is 2.37. The molecule has 11 heteroatoms. The molecule has 248 valence electrons. The lowest BCUT2D eigenvalue weighted by Crippen LogP contribution is -2.27. The number of phenolic OH excluding ortho intramolecular Hbond substituents is 1. The van der Waals surface area contributed by atoms with Crippen LogP contribution < -0.4 is 15.8 Å². The molecule has 2 heterocycles. The first-order chi connectivity index (χ1) is 23.8. The molecule has 1 unspecified atom stereocenters. The first-order valence-corrected chi connectivity index (χ1v) is 16.0. The zero-order valence-corrected chi connectivity index (χ0v) is 27.1. The Balaban J connectivity index is 1.28. The van der Waals surface area contributed by atoms with Crippen LogP contribution in [0.25, 0.3) is 40.0 Å². The second kappa shape index (κ2) is 14.6. The number of amides is 1. The van der Waals surface area contributed by atoms with Gasteiger partial charge in [0.25, 0.3) is 5.91 Å². The average Bonchev–Trinajstić information content (AvgIpc) is 3.80. The Morgan fingerprint density at radius 3 is 2.29 bits per heavy atom. The topological polar surface area (TPSA) is 152 Å². The Hall–Kier alpha value is -6.36. The fourth-order valence-corrected chi connectivity index (χ4v) is 5.55. The van der Waals surface area contributed by atoms with Crippen molar-refractivity contribution in [1.29, 1.82) is 0 Å². The second-order valence-corrected chi connectivity index (χ2v) is 11.4. The normalized spacial score (nSPS) is 13.9. The minimum Gasteiger partial charge on any atom is -0.507 e. The van der Waals surface area contributed by atoms with Crippen LogP contribution in [0, 0.1) is 0 Å². The van der Waals surface area contributed by atoms with E-state index in [9.17, 15) is 19.8 Å². The maximum Gasteiger partial charge on any atom is 0.348 e. The fourth-order valence-electron chi connectivity index (χ4n) is 5.55. The maximum atomic E-state index is 12.4. The summed E-state index contributed by atoms with van der Waals surface area (Å²) in [5.41, 5.74) is 13.0. The number of imidazole rings is 1. The van der Waals surface area contributed by atoms with E-state index in [1.165, 1.54) is 6.08 Å². The quantitative estimate of drug-likeness (QED) is 0.0735. The molecule has 1 aliphatic heterocycles. The van der Waals surface area contributed by atoms with Gasteiger partial charge in [-0.15, -0.1) is 0 Å². The highest BCUT2D eigenvalue weighted by atomic mass is 16.7. The summed E-state index contributed by atoms with van der Waals surface area (Å²) < 4.78 is 0. The number of aromatic hydroxyl groups is 1. The number of oxime groups is 1. The number of hydrogen-bond acceptors (Lipinski definition) is 8. The van der Waals surface area contributed by atoms with E-state index < -0.39 is 12.1 Å². The van der Waals surface area contributed by atoms with Crippen LogP contribution >= 0.6 is 0 Å². The number of nitrogens with zero attached hydrogens (tertiary/aromatic N) is 3. The number of nitrogens with one attached hydrogen (secondary N) is 3. The molecule has 1 aromatic heterocycles. The minimum absolute atomic E-state index is 0.111. The number of carbonyl (C=O) groups excluding carboxylic acids is 1. The molecule has 0 spiro atoms. The van der Waals surface area contributed by atoms with Gasteiger partial charge in [-0.1, -0.05) is 71.9 Å². The zero-order valence-electron chi connectivity index (χ0n) is 27.1. The van der Waals surface area contributed by atoms with Crippen molar-refractivity contribution in [3.8, 4) is 39.7 Å². The van der Waals surface area contributed by atoms with Crippen LogP contribution in [0.2, 0.25) is 0 Å². The van der Waals surface area contributed by atoms with Gasteiger partial charge in [-0.25, -0.2) is 9.78 Å². The van der Waals surface area contributed by atoms with Crippen LogP contribution in [0.15, 0.2) is 108 Å². The summed E-state index contributed by atoms with van der Waals surface area (Å²) in [5.74, 6) is -0.735. The van der Waals surface area contributed by atoms with Crippen molar-refractivity contribution in [2.45, 2.75) is 26.4 Å². The van der Waals surface area contributed by atoms with Crippen molar-refractivity contribution < 1.29 is 24.6 Å². The second-order valence-electron chi connectivity index (χ2n) is 11.4. The van der Waals surface area contributed by atoms with Gasteiger partial charge >= 0.3 is 5.97 Å². The van der Waals surface area contributed by atoms with E-state index in [1.54, 1.807) is 12.1 Å². The highest BCUT2D eigenvalue weighted by molar-refractivity contribution is 6.03. The smallest absolute Gasteiger partial charge is 0.348 e. The van der Waals surface area contributed by atoms with Crippen LogP contribution in [0.5, 0.6) is 5.75 Å². The number of benzene rings is 4. The number of aromatic amines is 1.